The van der Waals surface area contributed by atoms with E-state index in [2.05, 4.69) is 457 Å². The summed E-state index contributed by atoms with van der Waals surface area (Å²) in [5.74, 6) is 2.22. The third-order valence-electron chi connectivity index (χ3n) is 27.7. The van der Waals surface area contributed by atoms with Crippen LogP contribution in [0.2, 0.25) is 0 Å². The summed E-state index contributed by atoms with van der Waals surface area (Å²) in [6, 6.07) is 179. The smallest absolute Gasteiger partial charge is 0.160 e. The van der Waals surface area contributed by atoms with Gasteiger partial charge in [0.1, 0.15) is 0 Å². The molecule has 0 aliphatic carbocycles. The summed E-state index contributed by atoms with van der Waals surface area (Å²) >= 11 is 5.30. The molecule has 9 aromatic heterocycles. The second-order valence-corrected chi connectivity index (χ2v) is 39.4. The average Bonchev–Trinajstić information content (AvgIpc) is 1.65. The molecule has 0 radical (unpaired) electrons. The van der Waals surface area contributed by atoms with Crippen LogP contribution in [-0.2, 0) is 0 Å². The highest BCUT2D eigenvalue weighted by atomic mass is 32.1. The van der Waals surface area contributed by atoms with Crippen molar-refractivity contribution in [3.05, 3.63) is 504 Å². The molecule has 0 fully saturated rings. The van der Waals surface area contributed by atoms with Crippen LogP contribution in [-0.4, -0.2) is 43.6 Å². The maximum atomic E-state index is 5.24. The second kappa shape index (κ2) is 36.2. The number of benzene rings is 20. The summed E-state index contributed by atoms with van der Waals surface area (Å²) in [5.41, 5.74) is 34.7. The Balaban J connectivity index is 0.000000108. The first-order valence-corrected chi connectivity index (χ1v) is 50.9. The number of rotatable bonds is 14. The number of thiophene rings is 3. The predicted octanol–water partition coefficient (Wildman–Crippen LogP) is 36.2. The van der Waals surface area contributed by atoms with Gasteiger partial charge in [-0.25, -0.2) is 29.9 Å². The standard InChI is InChI=1S/2C46H29N3S.C40H25N3S/c1-3-12-30(13-4-1)33-16-11-17-35(28-33)43-45-44(48-46(47-43)32-14-5-2-6-15-32)39-29-34(24-27-42(39)50-45)31-22-25-36(26-23-31)49-40-20-9-7-18-37(40)38-19-8-10-21-41(38)49;1-3-11-30(12-4-1)31-19-21-33(22-20-31)43-45-44(48-46(47-43)34-13-5-2-6-14-34)39-29-35(25-28-42(39)50-45)32-23-26-36(27-24-32)49-40-17-9-7-15-37(40)38-16-8-10-18-41(38)49;1-3-11-27(12-4-1)37-39-38(42-40(41-37)28-13-5-2-6-14-28)33-25-29(21-24-36(33)44-39)26-19-22-30(23-20-26)43-34-17-9-7-15-31(34)32-16-8-10-18-35(32)43/h2*1-29H;1-25H. The fourth-order valence-corrected chi connectivity index (χ4v) is 24.1. The molecule has 29 aromatic rings. The van der Waals surface area contributed by atoms with Gasteiger partial charge in [-0.1, -0.05) is 388 Å². The molecule has 674 valence electrons. The summed E-state index contributed by atoms with van der Waals surface area (Å²) in [7, 11) is 0. The Morgan fingerprint density at radius 2 is 0.340 bits per heavy atom. The zero-order chi connectivity index (χ0) is 95.1. The molecule has 144 heavy (non-hydrogen) atoms. The van der Waals surface area contributed by atoms with Gasteiger partial charge in [-0.05, 0) is 171 Å². The van der Waals surface area contributed by atoms with Crippen LogP contribution in [0.15, 0.2) is 504 Å². The van der Waals surface area contributed by atoms with Crippen molar-refractivity contribution < 1.29 is 0 Å². The zero-order valence-electron chi connectivity index (χ0n) is 77.7. The van der Waals surface area contributed by atoms with Crippen LogP contribution in [0.3, 0.4) is 0 Å². The average molecular weight is 1890 g/mol. The quantitative estimate of drug-likeness (QED) is 0.108. The zero-order valence-corrected chi connectivity index (χ0v) is 80.1. The first-order chi connectivity index (χ1) is 71.4. The highest BCUT2D eigenvalue weighted by Gasteiger charge is 2.25. The van der Waals surface area contributed by atoms with Crippen LogP contribution in [0.5, 0.6) is 0 Å². The third-order valence-corrected chi connectivity index (χ3v) is 31.2. The van der Waals surface area contributed by atoms with E-state index in [0.717, 1.165) is 132 Å². The Hall–Kier alpha value is -18.3. The monoisotopic (exact) mass is 1890 g/mol. The van der Waals surface area contributed by atoms with E-state index in [1.807, 2.05) is 60.7 Å². The Bertz CT molecular complexity index is 9820. The molecule has 0 spiro atoms. The first-order valence-electron chi connectivity index (χ1n) is 48.4. The lowest BCUT2D eigenvalue weighted by atomic mass is 10.0. The van der Waals surface area contributed by atoms with Gasteiger partial charge in [0.05, 0.1) is 80.8 Å². The fourth-order valence-electron chi connectivity index (χ4n) is 20.7. The van der Waals surface area contributed by atoms with Crippen molar-refractivity contribution in [3.63, 3.8) is 0 Å². The van der Waals surface area contributed by atoms with Gasteiger partial charge in [-0.3, -0.25) is 0 Å². The van der Waals surface area contributed by atoms with E-state index in [9.17, 15) is 0 Å². The molecule has 0 bridgehead atoms. The van der Waals surface area contributed by atoms with Crippen LogP contribution >= 0.6 is 34.0 Å². The van der Waals surface area contributed by atoms with E-state index < -0.39 is 0 Å². The molecule has 9 heterocycles. The van der Waals surface area contributed by atoms with Gasteiger partial charge in [0.15, 0.2) is 17.5 Å². The largest absolute Gasteiger partial charge is 0.309 e. The van der Waals surface area contributed by atoms with Crippen LogP contribution in [0.1, 0.15) is 0 Å². The van der Waals surface area contributed by atoms with Crippen LogP contribution in [0.4, 0.5) is 0 Å². The van der Waals surface area contributed by atoms with E-state index in [4.69, 9.17) is 29.9 Å². The number of hydrogen-bond acceptors (Lipinski definition) is 9. The van der Waals surface area contributed by atoms with E-state index in [1.54, 1.807) is 34.0 Å². The minimum Gasteiger partial charge on any atom is -0.309 e. The van der Waals surface area contributed by atoms with E-state index in [1.165, 1.54) is 135 Å². The van der Waals surface area contributed by atoms with E-state index in [-0.39, 0.29) is 0 Å². The highest BCUT2D eigenvalue weighted by molar-refractivity contribution is 7.27. The molecule has 29 rings (SSSR count). The van der Waals surface area contributed by atoms with Crippen LogP contribution in [0.25, 0.3) is 267 Å². The van der Waals surface area contributed by atoms with Crippen molar-refractivity contribution in [2.24, 2.45) is 0 Å². The molecular weight excluding hydrogens is 1810 g/mol. The van der Waals surface area contributed by atoms with E-state index >= 15 is 0 Å². The van der Waals surface area contributed by atoms with Gasteiger partial charge in [0.25, 0.3) is 0 Å². The summed E-state index contributed by atoms with van der Waals surface area (Å²) in [6.45, 7) is 0. The molecule has 9 nitrogen and oxygen atoms in total. The first kappa shape index (κ1) is 84.9. The molecular formula is C132H83N9S3. The summed E-state index contributed by atoms with van der Waals surface area (Å²) in [4.78, 5) is 31.1. The predicted molar refractivity (Wildman–Crippen MR) is 608 cm³/mol. The highest BCUT2D eigenvalue weighted by Crippen LogP contribution is 2.48. The lowest BCUT2D eigenvalue weighted by Gasteiger charge is -2.10. The molecule has 0 saturated carbocycles. The maximum Gasteiger partial charge on any atom is 0.160 e. The topological polar surface area (TPSA) is 92.1 Å². The Labute approximate surface area is 841 Å². The number of fused-ring (bicyclic) bond motifs is 18. The van der Waals surface area contributed by atoms with Crippen LogP contribution in [0, 0.1) is 0 Å². The van der Waals surface area contributed by atoms with Crippen molar-refractivity contribution >= 4 is 160 Å². The van der Waals surface area contributed by atoms with Crippen molar-refractivity contribution in [2.75, 3.05) is 0 Å². The third kappa shape index (κ3) is 15.3. The van der Waals surface area contributed by atoms with Crippen LogP contribution < -0.4 is 0 Å². The number of hydrogen-bond donors (Lipinski definition) is 0. The Kier molecular flexibility index (Phi) is 21.3. The van der Waals surface area contributed by atoms with Gasteiger partial charge in [-0.2, -0.15) is 0 Å². The lowest BCUT2D eigenvalue weighted by Crippen LogP contribution is -1.94. The molecule has 0 atom stereocenters. The van der Waals surface area contributed by atoms with Gasteiger partial charge >= 0.3 is 0 Å². The lowest BCUT2D eigenvalue weighted by molar-refractivity contribution is 1.18. The van der Waals surface area contributed by atoms with Crippen molar-refractivity contribution in [1.82, 2.24) is 43.6 Å². The molecule has 0 aliphatic heterocycles. The Morgan fingerprint density at radius 1 is 0.139 bits per heavy atom. The van der Waals surface area contributed by atoms with Gasteiger partial charge in [0, 0.05) is 113 Å². The number of nitrogens with zero attached hydrogens (tertiary/aromatic N) is 9. The Morgan fingerprint density at radius 3 is 0.646 bits per heavy atom. The minimum absolute atomic E-state index is 0.735. The molecule has 0 unspecified atom stereocenters. The molecule has 12 heteroatoms. The minimum atomic E-state index is 0.735. The second-order valence-electron chi connectivity index (χ2n) is 36.3. The van der Waals surface area contributed by atoms with Crippen molar-refractivity contribution in [3.8, 4) is 141 Å². The van der Waals surface area contributed by atoms with Gasteiger partial charge in [-0.15, -0.1) is 34.0 Å². The molecule has 0 N–H and O–H groups in total. The van der Waals surface area contributed by atoms with E-state index in [0.29, 0.717) is 0 Å². The fraction of sp³-hybridized carbons (Fsp3) is 0. The molecule has 0 aliphatic rings. The SMILES string of the molecule is c1ccc(-c2ccc(-c3nc(-c4ccccc4)nc4c3sc3ccc(-c5ccc(-n6c7ccccc7c7ccccc76)cc5)cc34)cc2)cc1.c1ccc(-c2cccc(-c3nc(-c4ccccc4)nc4c3sc3ccc(-c5ccc(-n6c7ccccc7c7ccccc76)cc5)cc34)c2)cc1.c1ccc(-c2nc(-c3ccccc3)c3sc4ccc(-c5ccc(-n6c7ccccc7c7ccccc76)cc5)cc4c3n2)cc1. The number of aromatic nitrogens is 9. The summed E-state index contributed by atoms with van der Waals surface area (Å²) in [6.07, 6.45) is 0. The van der Waals surface area contributed by atoms with Gasteiger partial charge in [0.2, 0.25) is 0 Å². The van der Waals surface area contributed by atoms with Crippen molar-refractivity contribution in [1.29, 1.82) is 0 Å². The summed E-state index contributed by atoms with van der Waals surface area (Å²) < 4.78 is 14.0. The maximum absolute atomic E-state index is 5.24. The van der Waals surface area contributed by atoms with Gasteiger partial charge < -0.3 is 13.7 Å². The number of para-hydroxylation sites is 6. The molecule has 0 saturated heterocycles. The summed E-state index contributed by atoms with van der Waals surface area (Å²) in [5, 5.41) is 11.1. The van der Waals surface area contributed by atoms with Crippen molar-refractivity contribution in [2.45, 2.75) is 0 Å². The molecule has 0 amide bonds. The molecule has 20 aromatic carbocycles. The normalized spacial score (nSPS) is 11.6.